The van der Waals surface area contributed by atoms with Crippen LogP contribution >= 0.6 is 0 Å². The van der Waals surface area contributed by atoms with Crippen molar-refractivity contribution in [2.45, 2.75) is 27.2 Å². The van der Waals surface area contributed by atoms with Crippen LogP contribution in [0.15, 0.2) is 42.5 Å². The minimum atomic E-state index is -0.539. The maximum atomic E-state index is 11.1. The Morgan fingerprint density at radius 2 is 2.00 bits per heavy atom. The van der Waals surface area contributed by atoms with E-state index in [1.54, 1.807) is 6.07 Å². The first-order valence-electron chi connectivity index (χ1n) is 9.24. The SMILES string of the molecule is Cc1ccccc1-c1c(C#N)c(CC(C)C)nc2ccc(OCC(N)=O)cc12. The lowest BCUT2D eigenvalue weighted by Crippen LogP contribution is -2.20. The van der Waals surface area contributed by atoms with Crippen molar-refractivity contribution in [2.24, 2.45) is 11.7 Å². The Morgan fingerprint density at radius 1 is 1.25 bits per heavy atom. The highest BCUT2D eigenvalue weighted by molar-refractivity contribution is 5.99. The molecule has 1 aromatic heterocycles. The minimum absolute atomic E-state index is 0.199. The van der Waals surface area contributed by atoms with E-state index in [9.17, 15) is 10.1 Å². The topological polar surface area (TPSA) is 89.0 Å². The van der Waals surface area contributed by atoms with Gasteiger partial charge < -0.3 is 10.5 Å². The second-order valence-corrected chi connectivity index (χ2v) is 7.27. The van der Waals surface area contributed by atoms with Gasteiger partial charge in [-0.15, -0.1) is 0 Å². The first-order valence-corrected chi connectivity index (χ1v) is 9.24. The molecule has 5 heteroatoms. The van der Waals surface area contributed by atoms with Crippen molar-refractivity contribution >= 4 is 16.8 Å². The minimum Gasteiger partial charge on any atom is -0.484 e. The third-order valence-corrected chi connectivity index (χ3v) is 4.54. The van der Waals surface area contributed by atoms with Gasteiger partial charge in [-0.1, -0.05) is 38.1 Å². The van der Waals surface area contributed by atoms with Crippen LogP contribution in [0.4, 0.5) is 0 Å². The summed E-state index contributed by atoms with van der Waals surface area (Å²) in [6.07, 6.45) is 0.720. The highest BCUT2D eigenvalue weighted by Gasteiger charge is 2.19. The molecular weight excluding hydrogens is 350 g/mol. The van der Waals surface area contributed by atoms with Crippen LogP contribution in [-0.4, -0.2) is 17.5 Å². The maximum Gasteiger partial charge on any atom is 0.255 e. The first-order chi connectivity index (χ1) is 13.4. The fourth-order valence-electron chi connectivity index (χ4n) is 3.33. The van der Waals surface area contributed by atoms with E-state index in [1.165, 1.54) is 0 Å². The Labute approximate surface area is 164 Å². The van der Waals surface area contributed by atoms with Crippen LogP contribution in [0, 0.1) is 24.2 Å². The Kier molecular flexibility index (Phi) is 5.60. The zero-order valence-electron chi connectivity index (χ0n) is 16.3. The largest absolute Gasteiger partial charge is 0.484 e. The number of pyridine rings is 1. The van der Waals surface area contributed by atoms with E-state index in [4.69, 9.17) is 15.5 Å². The number of primary amides is 1. The van der Waals surface area contributed by atoms with E-state index in [2.05, 4.69) is 19.9 Å². The van der Waals surface area contributed by atoms with Gasteiger partial charge in [0.05, 0.1) is 16.8 Å². The average Bonchev–Trinajstić information content (AvgIpc) is 2.65. The highest BCUT2D eigenvalue weighted by atomic mass is 16.5. The molecule has 2 N–H and O–H groups in total. The lowest BCUT2D eigenvalue weighted by molar-refractivity contribution is -0.119. The number of hydrogen-bond acceptors (Lipinski definition) is 4. The smallest absolute Gasteiger partial charge is 0.255 e. The summed E-state index contributed by atoms with van der Waals surface area (Å²) in [4.78, 5) is 15.8. The zero-order valence-corrected chi connectivity index (χ0v) is 16.3. The third-order valence-electron chi connectivity index (χ3n) is 4.54. The van der Waals surface area contributed by atoms with Gasteiger partial charge in [-0.3, -0.25) is 9.78 Å². The molecule has 0 saturated carbocycles. The van der Waals surface area contributed by atoms with Crippen molar-refractivity contribution in [3.8, 4) is 22.9 Å². The zero-order chi connectivity index (χ0) is 20.3. The molecule has 3 rings (SSSR count). The second kappa shape index (κ2) is 8.10. The van der Waals surface area contributed by atoms with Gasteiger partial charge in [0, 0.05) is 10.9 Å². The number of nitriles is 1. The summed E-state index contributed by atoms with van der Waals surface area (Å²) in [5, 5.41) is 10.8. The van der Waals surface area contributed by atoms with E-state index in [-0.39, 0.29) is 6.61 Å². The number of benzene rings is 2. The number of nitrogens with two attached hydrogens (primary N) is 1. The number of rotatable bonds is 6. The van der Waals surface area contributed by atoms with Crippen LogP contribution < -0.4 is 10.5 Å². The molecule has 28 heavy (non-hydrogen) atoms. The molecule has 1 heterocycles. The number of carbonyl (C=O) groups is 1. The van der Waals surface area contributed by atoms with Crippen LogP contribution in [0.5, 0.6) is 5.75 Å². The number of amides is 1. The first kappa shape index (κ1) is 19.4. The molecule has 0 aliphatic heterocycles. The number of ether oxygens (including phenoxy) is 1. The lowest BCUT2D eigenvalue weighted by atomic mass is 9.90. The fourth-order valence-corrected chi connectivity index (χ4v) is 3.33. The van der Waals surface area contributed by atoms with Gasteiger partial charge in [0.15, 0.2) is 6.61 Å². The predicted molar refractivity (Wildman–Crippen MR) is 110 cm³/mol. The van der Waals surface area contributed by atoms with E-state index in [0.717, 1.165) is 39.7 Å². The molecule has 0 atom stereocenters. The van der Waals surface area contributed by atoms with Gasteiger partial charge in [0.25, 0.3) is 5.91 Å². The second-order valence-electron chi connectivity index (χ2n) is 7.27. The Balaban J connectivity index is 2.32. The van der Waals surface area contributed by atoms with Gasteiger partial charge in [-0.2, -0.15) is 5.26 Å². The van der Waals surface area contributed by atoms with Crippen LogP contribution in [0.1, 0.15) is 30.7 Å². The Morgan fingerprint density at radius 3 is 2.64 bits per heavy atom. The molecule has 0 aliphatic carbocycles. The molecule has 0 spiro atoms. The summed E-state index contributed by atoms with van der Waals surface area (Å²) < 4.78 is 5.48. The van der Waals surface area contributed by atoms with E-state index in [1.807, 2.05) is 43.3 Å². The predicted octanol–water partition coefficient (Wildman–Crippen LogP) is 4.14. The number of carbonyl (C=O) groups excluding carboxylic acids is 1. The monoisotopic (exact) mass is 373 g/mol. The van der Waals surface area contributed by atoms with Crippen LogP contribution in [0.25, 0.3) is 22.0 Å². The number of fused-ring (bicyclic) bond motifs is 1. The molecular formula is C23H23N3O2. The highest BCUT2D eigenvalue weighted by Crippen LogP contribution is 2.36. The average molecular weight is 373 g/mol. The molecule has 0 saturated heterocycles. The molecule has 0 radical (unpaired) electrons. The van der Waals surface area contributed by atoms with Gasteiger partial charge in [0.2, 0.25) is 0 Å². The molecule has 0 aliphatic rings. The van der Waals surface area contributed by atoms with Crippen LogP contribution in [0.2, 0.25) is 0 Å². The number of hydrogen-bond donors (Lipinski definition) is 1. The van der Waals surface area contributed by atoms with Crippen LogP contribution in [0.3, 0.4) is 0 Å². The van der Waals surface area contributed by atoms with Crippen molar-refractivity contribution in [1.82, 2.24) is 4.98 Å². The summed E-state index contributed by atoms with van der Waals surface area (Å²) in [6, 6.07) is 15.8. The molecule has 5 nitrogen and oxygen atoms in total. The van der Waals surface area contributed by atoms with Crippen molar-refractivity contribution in [3.05, 3.63) is 59.3 Å². The standard InChI is InChI=1S/C23H23N3O2/c1-14(2)10-21-19(12-24)23(17-7-5-4-6-15(17)3)18-11-16(28-13-22(25)27)8-9-20(18)26-21/h4-9,11,14H,10,13H2,1-3H3,(H2,25,27). The maximum absolute atomic E-state index is 11.1. The normalized spacial score (nSPS) is 10.8. The van der Waals surface area contributed by atoms with Gasteiger partial charge >= 0.3 is 0 Å². The number of aromatic nitrogens is 1. The van der Waals surface area contributed by atoms with Gasteiger partial charge in [-0.25, -0.2) is 0 Å². The summed E-state index contributed by atoms with van der Waals surface area (Å²) in [5.74, 6) is 0.353. The summed E-state index contributed by atoms with van der Waals surface area (Å²) in [7, 11) is 0. The van der Waals surface area contributed by atoms with E-state index < -0.39 is 5.91 Å². The van der Waals surface area contributed by atoms with Crippen LogP contribution in [-0.2, 0) is 11.2 Å². The molecule has 3 aromatic rings. The molecule has 142 valence electrons. The van der Waals surface area contributed by atoms with Gasteiger partial charge in [-0.05, 0) is 48.6 Å². The fraction of sp³-hybridized carbons (Fsp3) is 0.261. The van der Waals surface area contributed by atoms with E-state index in [0.29, 0.717) is 17.2 Å². The third kappa shape index (κ3) is 3.96. The summed E-state index contributed by atoms with van der Waals surface area (Å²) in [5.41, 5.74) is 10.3. The summed E-state index contributed by atoms with van der Waals surface area (Å²) >= 11 is 0. The van der Waals surface area contributed by atoms with Crippen molar-refractivity contribution < 1.29 is 9.53 Å². The number of aryl methyl sites for hydroxylation is 1. The van der Waals surface area contributed by atoms with Crippen molar-refractivity contribution in [2.75, 3.05) is 6.61 Å². The van der Waals surface area contributed by atoms with Gasteiger partial charge in [0.1, 0.15) is 11.8 Å². The number of nitrogens with zero attached hydrogens (tertiary/aromatic N) is 2. The summed E-state index contributed by atoms with van der Waals surface area (Å²) in [6.45, 7) is 6.05. The Hall–Kier alpha value is -3.39. The molecule has 0 fully saturated rings. The lowest BCUT2D eigenvalue weighted by Gasteiger charge is -2.17. The quantitative estimate of drug-likeness (QED) is 0.703. The molecule has 0 bridgehead atoms. The van der Waals surface area contributed by atoms with Crippen molar-refractivity contribution in [1.29, 1.82) is 5.26 Å². The molecule has 1 amide bonds. The Bertz CT molecular complexity index is 1080. The molecule has 0 unspecified atom stereocenters. The van der Waals surface area contributed by atoms with E-state index >= 15 is 0 Å². The molecule has 2 aromatic carbocycles. The van der Waals surface area contributed by atoms with Crippen molar-refractivity contribution in [3.63, 3.8) is 0 Å².